The first-order valence-electron chi connectivity index (χ1n) is 11.0. The van der Waals surface area contributed by atoms with Gasteiger partial charge in [-0.25, -0.2) is 14.3 Å². The fourth-order valence-corrected chi connectivity index (χ4v) is 3.84. The molecule has 1 radical (unpaired) electrons. The molecule has 2 amide bonds. The van der Waals surface area contributed by atoms with Gasteiger partial charge in [0.1, 0.15) is 36.7 Å². The van der Waals surface area contributed by atoms with E-state index < -0.39 is 29.8 Å². The van der Waals surface area contributed by atoms with Crippen molar-refractivity contribution in [2.45, 2.75) is 44.1 Å². The molecule has 11 nitrogen and oxygen atoms in total. The van der Waals surface area contributed by atoms with Crippen LogP contribution in [0.2, 0.25) is 0 Å². The van der Waals surface area contributed by atoms with Gasteiger partial charge >= 0.3 is 12.0 Å². The highest BCUT2D eigenvalue weighted by atomic mass is 16.6. The van der Waals surface area contributed by atoms with Crippen molar-refractivity contribution in [2.75, 3.05) is 11.9 Å². The van der Waals surface area contributed by atoms with Crippen molar-refractivity contribution in [2.24, 2.45) is 0 Å². The minimum atomic E-state index is -1.80. The lowest BCUT2D eigenvalue weighted by atomic mass is 9.94. The molecule has 2 aromatic heterocycles. The van der Waals surface area contributed by atoms with Crippen molar-refractivity contribution in [1.82, 2.24) is 19.9 Å². The van der Waals surface area contributed by atoms with Crippen molar-refractivity contribution in [1.29, 1.82) is 5.26 Å². The minimum Gasteiger partial charge on any atom is -0.463 e. The van der Waals surface area contributed by atoms with E-state index in [2.05, 4.69) is 20.7 Å². The number of aromatic nitrogens is 3. The monoisotopic (exact) mass is 477 g/mol. The van der Waals surface area contributed by atoms with Gasteiger partial charge in [-0.3, -0.25) is 10.1 Å². The number of hydrogen-bond acceptors (Lipinski definition) is 8. The van der Waals surface area contributed by atoms with Gasteiger partial charge in [0.2, 0.25) is 5.60 Å². The average Bonchev–Trinajstić information content (AvgIpc) is 3.40. The number of nitriles is 1. The second kappa shape index (κ2) is 10.1. The largest absolute Gasteiger partial charge is 0.463 e. The molecule has 0 unspecified atom stereocenters. The number of aliphatic hydroxyl groups excluding tert-OH is 1. The van der Waals surface area contributed by atoms with Crippen LogP contribution < -0.4 is 10.6 Å². The maximum Gasteiger partial charge on any atom is 0.320 e. The van der Waals surface area contributed by atoms with Crippen molar-refractivity contribution >= 4 is 23.3 Å². The number of urea groups is 1. The Labute approximate surface area is 201 Å². The van der Waals surface area contributed by atoms with E-state index in [0.29, 0.717) is 5.52 Å². The summed E-state index contributed by atoms with van der Waals surface area (Å²) in [4.78, 5) is 28.4. The van der Waals surface area contributed by atoms with E-state index in [9.17, 15) is 20.0 Å². The molecule has 0 bridgehead atoms. The van der Waals surface area contributed by atoms with Gasteiger partial charge in [-0.15, -0.1) is 0 Å². The van der Waals surface area contributed by atoms with E-state index in [4.69, 9.17) is 9.47 Å². The van der Waals surface area contributed by atoms with E-state index in [-0.39, 0.29) is 30.6 Å². The van der Waals surface area contributed by atoms with E-state index in [0.717, 1.165) is 5.56 Å². The molecule has 1 aliphatic heterocycles. The number of nitrogens with one attached hydrogen (secondary N) is 2. The third kappa shape index (κ3) is 5.08. The Hall–Kier alpha value is -4.01. The first-order chi connectivity index (χ1) is 16.8. The number of carbonyl (C=O) groups is 2. The summed E-state index contributed by atoms with van der Waals surface area (Å²) < 4.78 is 12.6. The zero-order valence-electron chi connectivity index (χ0n) is 19.2. The van der Waals surface area contributed by atoms with Gasteiger partial charge < -0.3 is 19.9 Å². The van der Waals surface area contributed by atoms with Crippen molar-refractivity contribution in [3.63, 3.8) is 0 Å². The van der Waals surface area contributed by atoms with Crippen molar-refractivity contribution in [3.8, 4) is 6.07 Å². The van der Waals surface area contributed by atoms with Crippen LogP contribution in [0.1, 0.15) is 25.1 Å². The number of aliphatic hydroxyl groups is 1. The summed E-state index contributed by atoms with van der Waals surface area (Å²) in [5.41, 5.74) is -0.337. The molecule has 3 heterocycles. The van der Waals surface area contributed by atoms with Crippen LogP contribution in [0.25, 0.3) is 5.52 Å². The van der Waals surface area contributed by atoms with Gasteiger partial charge in [0.15, 0.2) is 5.82 Å². The number of amides is 2. The third-order valence-corrected chi connectivity index (χ3v) is 5.40. The van der Waals surface area contributed by atoms with Gasteiger partial charge in [-0.05, 0) is 31.5 Å². The predicted molar refractivity (Wildman–Crippen MR) is 124 cm³/mol. The summed E-state index contributed by atoms with van der Waals surface area (Å²) in [5, 5.41) is 30.3. The maximum atomic E-state index is 12.2. The summed E-state index contributed by atoms with van der Waals surface area (Å²) in [5.74, 6) is -0.228. The number of carbonyl (C=O) groups excluding carboxylic acids is 2. The van der Waals surface area contributed by atoms with Crippen molar-refractivity contribution < 1.29 is 24.2 Å². The quantitative estimate of drug-likeness (QED) is 0.435. The van der Waals surface area contributed by atoms with Gasteiger partial charge in [-0.2, -0.15) is 10.4 Å². The predicted octanol–water partition coefficient (Wildman–Crippen LogP) is 1.73. The molecule has 3 N–H and O–H groups in total. The van der Waals surface area contributed by atoms with Crippen LogP contribution in [0.4, 0.5) is 10.6 Å². The van der Waals surface area contributed by atoms with Crippen LogP contribution in [0.15, 0.2) is 48.8 Å². The number of hydrogen-bond donors (Lipinski definition) is 3. The number of fused-ring (bicyclic) bond motifs is 1. The summed E-state index contributed by atoms with van der Waals surface area (Å²) in [6, 6.07) is 13.9. The van der Waals surface area contributed by atoms with E-state index in [1.54, 1.807) is 12.1 Å². The van der Waals surface area contributed by atoms with Gasteiger partial charge in [0.05, 0.1) is 12.1 Å². The molecule has 0 saturated carbocycles. The molecule has 0 aliphatic carbocycles. The SMILES string of the molecule is CC(C)NC(=O)Nc1ncnn2c([C@]3(C#N)O[C@@H](COC(=O)Cc4ccccc4)[CH][C@H]3O)ccc12. The Morgan fingerprint density at radius 3 is 2.77 bits per heavy atom. The Morgan fingerprint density at radius 2 is 2.06 bits per heavy atom. The highest BCUT2D eigenvalue weighted by molar-refractivity contribution is 5.92. The number of rotatable bonds is 7. The summed E-state index contributed by atoms with van der Waals surface area (Å²) in [6.07, 6.45) is 0.597. The molecule has 181 valence electrons. The smallest absolute Gasteiger partial charge is 0.320 e. The minimum absolute atomic E-state index is 0.0756. The topological polar surface area (TPSA) is 151 Å². The van der Waals surface area contributed by atoms with Crippen LogP contribution in [-0.2, 0) is 26.3 Å². The molecule has 0 spiro atoms. The Kier molecular flexibility index (Phi) is 6.95. The van der Waals surface area contributed by atoms with E-state index in [1.807, 2.05) is 50.2 Å². The number of esters is 1. The number of benzene rings is 1. The molecule has 35 heavy (non-hydrogen) atoms. The van der Waals surface area contributed by atoms with Crippen LogP contribution in [0.5, 0.6) is 0 Å². The summed E-state index contributed by atoms with van der Waals surface area (Å²) >= 11 is 0. The molecule has 1 aromatic carbocycles. The van der Waals surface area contributed by atoms with Crippen LogP contribution in [0, 0.1) is 17.8 Å². The summed E-state index contributed by atoms with van der Waals surface area (Å²) in [6.45, 7) is 3.49. The lowest BCUT2D eigenvalue weighted by molar-refractivity contribution is -0.148. The van der Waals surface area contributed by atoms with Gasteiger partial charge in [0, 0.05) is 12.5 Å². The highest BCUT2D eigenvalue weighted by Gasteiger charge is 2.52. The fourth-order valence-electron chi connectivity index (χ4n) is 3.84. The first kappa shape index (κ1) is 24.1. The molecule has 1 saturated heterocycles. The molecule has 4 rings (SSSR count). The van der Waals surface area contributed by atoms with Crippen molar-refractivity contribution in [3.05, 3.63) is 66.5 Å². The number of ether oxygens (including phenoxy) is 2. The molecular weight excluding hydrogens is 452 g/mol. The zero-order valence-corrected chi connectivity index (χ0v) is 19.2. The lowest BCUT2D eigenvalue weighted by Gasteiger charge is -2.24. The molecule has 1 fully saturated rings. The molecule has 11 heteroatoms. The average molecular weight is 478 g/mol. The Bertz CT molecular complexity index is 1250. The van der Waals surface area contributed by atoms with Crippen LogP contribution in [-0.4, -0.2) is 56.6 Å². The number of nitrogens with zero attached hydrogens (tertiary/aromatic N) is 4. The van der Waals surface area contributed by atoms with E-state index in [1.165, 1.54) is 17.3 Å². The Morgan fingerprint density at radius 1 is 1.29 bits per heavy atom. The molecular formula is C24H25N6O5. The standard InChI is InChI=1S/C24H25N6O5/c1-15(2)28-23(33)29-22-18-8-9-19(30(18)27-14-26-22)24(13-25)20(31)11-17(35-24)12-34-21(32)10-16-6-4-3-5-7-16/h3-9,11,14-15,17,20,31H,10,12H2,1-2H3,(H2,26,27,28,29,33)/t17-,20-,24+/m1/s1. The fraction of sp³-hybridized carbons (Fsp3) is 0.333. The first-order valence-corrected chi connectivity index (χ1v) is 11.0. The highest BCUT2D eigenvalue weighted by Crippen LogP contribution is 2.39. The maximum absolute atomic E-state index is 12.2. The number of anilines is 1. The third-order valence-electron chi connectivity index (χ3n) is 5.40. The molecule has 3 atom stereocenters. The second-order valence-corrected chi connectivity index (χ2v) is 8.36. The van der Waals surface area contributed by atoms with Gasteiger partial charge in [0.25, 0.3) is 0 Å². The lowest BCUT2D eigenvalue weighted by Crippen LogP contribution is -2.37. The van der Waals surface area contributed by atoms with Crippen LogP contribution in [0.3, 0.4) is 0 Å². The molecule has 1 aliphatic rings. The normalized spacial score (nSPS) is 21.6. The molecule has 3 aromatic rings. The zero-order chi connectivity index (χ0) is 25.0. The summed E-state index contributed by atoms with van der Waals surface area (Å²) in [7, 11) is 0. The van der Waals surface area contributed by atoms with Gasteiger partial charge in [-0.1, -0.05) is 30.3 Å². The second-order valence-electron chi connectivity index (χ2n) is 8.36. The van der Waals surface area contributed by atoms with E-state index >= 15 is 0 Å². The Balaban J connectivity index is 1.50. The van der Waals surface area contributed by atoms with Crippen LogP contribution >= 0.6 is 0 Å².